The van der Waals surface area contributed by atoms with Crippen molar-refractivity contribution in [3.8, 4) is 5.75 Å². The van der Waals surface area contributed by atoms with Crippen molar-refractivity contribution in [1.82, 2.24) is 9.38 Å². The zero-order valence-corrected chi connectivity index (χ0v) is 13.5. The van der Waals surface area contributed by atoms with Crippen molar-refractivity contribution in [3.05, 3.63) is 69.0 Å². The molecule has 2 aromatic heterocycles. The highest BCUT2D eigenvalue weighted by atomic mass is 32.1. The molecule has 0 fully saturated rings. The van der Waals surface area contributed by atoms with Crippen LogP contribution >= 0.6 is 11.3 Å². The van der Waals surface area contributed by atoms with Gasteiger partial charge in [0.25, 0.3) is 5.56 Å². The molecular formula is C18H12N2O3S. The Hall–Kier alpha value is -2.99. The largest absolute Gasteiger partial charge is 0.427 e. The molecule has 0 aliphatic rings. The quantitative estimate of drug-likeness (QED) is 0.416. The number of hydrogen-bond acceptors (Lipinski definition) is 5. The number of thiazole rings is 1. The van der Waals surface area contributed by atoms with E-state index in [2.05, 4.69) is 4.98 Å². The molecule has 4 rings (SSSR count). The zero-order valence-electron chi connectivity index (χ0n) is 12.7. The second-order valence-electron chi connectivity index (χ2n) is 5.30. The molecule has 6 heteroatoms. The Morgan fingerprint density at radius 1 is 1.17 bits per heavy atom. The summed E-state index contributed by atoms with van der Waals surface area (Å²) in [7, 11) is 0. The van der Waals surface area contributed by atoms with Crippen molar-refractivity contribution in [2.24, 2.45) is 0 Å². The van der Waals surface area contributed by atoms with Gasteiger partial charge in [-0.2, -0.15) is 0 Å². The Labute approximate surface area is 140 Å². The van der Waals surface area contributed by atoms with Crippen LogP contribution < -0.4 is 14.8 Å². The van der Waals surface area contributed by atoms with Gasteiger partial charge >= 0.3 is 5.97 Å². The molecule has 0 radical (unpaired) electrons. The van der Waals surface area contributed by atoms with E-state index in [4.69, 9.17) is 4.74 Å². The molecule has 0 atom stereocenters. The van der Waals surface area contributed by atoms with Gasteiger partial charge in [0.05, 0.1) is 15.6 Å². The lowest BCUT2D eigenvalue weighted by Gasteiger charge is -2.00. The van der Waals surface area contributed by atoms with E-state index in [1.807, 2.05) is 30.3 Å². The van der Waals surface area contributed by atoms with Crippen molar-refractivity contribution in [2.75, 3.05) is 0 Å². The van der Waals surface area contributed by atoms with E-state index in [0.717, 1.165) is 16.6 Å². The average Bonchev–Trinajstić information content (AvgIpc) is 3.06. The molecule has 0 saturated heterocycles. The van der Waals surface area contributed by atoms with Crippen LogP contribution in [-0.4, -0.2) is 15.4 Å². The van der Waals surface area contributed by atoms with Crippen molar-refractivity contribution >= 4 is 39.4 Å². The second kappa shape index (κ2) is 5.58. The molecule has 2 aromatic carbocycles. The van der Waals surface area contributed by atoms with Gasteiger partial charge in [0.2, 0.25) is 0 Å². The summed E-state index contributed by atoms with van der Waals surface area (Å²) in [5, 5.41) is 0. The van der Waals surface area contributed by atoms with E-state index in [-0.39, 0.29) is 11.5 Å². The van der Waals surface area contributed by atoms with Crippen molar-refractivity contribution in [2.45, 2.75) is 6.92 Å². The van der Waals surface area contributed by atoms with Crippen molar-refractivity contribution in [1.29, 1.82) is 0 Å². The topological polar surface area (TPSA) is 60.7 Å². The Morgan fingerprint density at radius 2 is 1.92 bits per heavy atom. The summed E-state index contributed by atoms with van der Waals surface area (Å²) >= 11 is 1.36. The minimum atomic E-state index is -0.361. The van der Waals surface area contributed by atoms with E-state index in [9.17, 15) is 9.59 Å². The molecule has 24 heavy (non-hydrogen) atoms. The first-order valence-corrected chi connectivity index (χ1v) is 8.14. The van der Waals surface area contributed by atoms with Gasteiger partial charge in [-0.3, -0.25) is 9.59 Å². The van der Waals surface area contributed by atoms with Gasteiger partial charge in [0.15, 0.2) is 4.96 Å². The maximum Gasteiger partial charge on any atom is 0.308 e. The fourth-order valence-corrected chi connectivity index (χ4v) is 3.55. The number of carbonyl (C=O) groups is 1. The van der Waals surface area contributed by atoms with Crippen LogP contribution in [0.1, 0.15) is 12.5 Å². The molecule has 4 aromatic rings. The highest BCUT2D eigenvalue weighted by Gasteiger charge is 2.10. The fraction of sp³-hybridized carbons (Fsp3) is 0.0556. The van der Waals surface area contributed by atoms with Gasteiger partial charge in [-0.05, 0) is 35.9 Å². The standard InChI is InChI=1S/C18H12N2O3S/c1-11(21)23-13-8-6-12(7-9-13)10-16-17(22)20-15-5-3-2-4-14(15)19-18(20)24-16/h2-10H,1H3/b16-10-. The Morgan fingerprint density at radius 3 is 2.67 bits per heavy atom. The maximum absolute atomic E-state index is 12.7. The minimum Gasteiger partial charge on any atom is -0.427 e. The Kier molecular flexibility index (Phi) is 3.39. The number of hydrogen-bond donors (Lipinski definition) is 0. The van der Waals surface area contributed by atoms with Crippen molar-refractivity contribution < 1.29 is 9.53 Å². The predicted molar refractivity (Wildman–Crippen MR) is 93.4 cm³/mol. The van der Waals surface area contributed by atoms with Crippen molar-refractivity contribution in [3.63, 3.8) is 0 Å². The van der Waals surface area contributed by atoms with Gasteiger partial charge in [-0.15, -0.1) is 0 Å². The van der Waals surface area contributed by atoms with Crippen LogP contribution in [0.15, 0.2) is 53.3 Å². The molecule has 0 amide bonds. The van der Waals surface area contributed by atoms with E-state index in [0.29, 0.717) is 15.2 Å². The number of para-hydroxylation sites is 2. The van der Waals surface area contributed by atoms with Crippen LogP contribution in [0.3, 0.4) is 0 Å². The third-order valence-electron chi connectivity index (χ3n) is 3.58. The number of benzene rings is 2. The molecule has 0 aliphatic carbocycles. The third-order valence-corrected chi connectivity index (χ3v) is 4.55. The number of nitrogens with zero attached hydrogens (tertiary/aromatic N) is 2. The van der Waals surface area contributed by atoms with Gasteiger partial charge in [-0.1, -0.05) is 35.6 Å². The summed E-state index contributed by atoms with van der Waals surface area (Å²) < 4.78 is 7.25. The average molecular weight is 336 g/mol. The van der Waals surface area contributed by atoms with Crippen LogP contribution in [0.2, 0.25) is 0 Å². The fourth-order valence-electron chi connectivity index (χ4n) is 2.56. The highest BCUT2D eigenvalue weighted by Crippen LogP contribution is 2.16. The lowest BCUT2D eigenvalue weighted by molar-refractivity contribution is -0.131. The van der Waals surface area contributed by atoms with Gasteiger partial charge < -0.3 is 4.74 Å². The van der Waals surface area contributed by atoms with Gasteiger partial charge in [-0.25, -0.2) is 9.38 Å². The van der Waals surface area contributed by atoms with E-state index in [1.54, 1.807) is 28.7 Å². The molecule has 0 aliphatic heterocycles. The van der Waals surface area contributed by atoms with E-state index >= 15 is 0 Å². The first kappa shape index (κ1) is 14.6. The molecule has 5 nitrogen and oxygen atoms in total. The summed E-state index contributed by atoms with van der Waals surface area (Å²) in [5.74, 6) is 0.119. The molecule has 2 heterocycles. The number of rotatable bonds is 2. The first-order valence-electron chi connectivity index (χ1n) is 7.32. The van der Waals surface area contributed by atoms with Crippen LogP contribution in [0.4, 0.5) is 0 Å². The van der Waals surface area contributed by atoms with Crippen LogP contribution in [-0.2, 0) is 4.79 Å². The summed E-state index contributed by atoms with van der Waals surface area (Å²) in [4.78, 5) is 28.8. The number of ether oxygens (including phenoxy) is 1. The molecule has 0 bridgehead atoms. The summed E-state index contributed by atoms with van der Waals surface area (Å²) in [6.07, 6.45) is 1.81. The predicted octanol–water partition coefficient (Wildman–Crippen LogP) is 2.38. The van der Waals surface area contributed by atoms with Crippen LogP contribution in [0, 0.1) is 0 Å². The lowest BCUT2D eigenvalue weighted by Crippen LogP contribution is -2.22. The van der Waals surface area contributed by atoms with Crippen LogP contribution in [0.25, 0.3) is 22.1 Å². The molecular weight excluding hydrogens is 324 g/mol. The molecule has 0 N–H and O–H groups in total. The Bertz CT molecular complexity index is 1170. The van der Waals surface area contributed by atoms with Crippen LogP contribution in [0.5, 0.6) is 5.75 Å². The number of imidazole rings is 1. The maximum atomic E-state index is 12.7. The first-order chi connectivity index (χ1) is 11.6. The summed E-state index contributed by atoms with van der Waals surface area (Å²) in [5.41, 5.74) is 2.42. The van der Waals surface area contributed by atoms with E-state index in [1.165, 1.54) is 18.3 Å². The zero-order chi connectivity index (χ0) is 16.7. The number of aromatic nitrogens is 2. The Balaban J connectivity index is 1.81. The summed E-state index contributed by atoms with van der Waals surface area (Å²) in [6, 6.07) is 14.6. The number of fused-ring (bicyclic) bond motifs is 3. The van der Waals surface area contributed by atoms with Gasteiger partial charge in [0.1, 0.15) is 5.75 Å². The van der Waals surface area contributed by atoms with E-state index < -0.39 is 0 Å². The SMILES string of the molecule is CC(=O)Oc1ccc(/C=c2\sc3nc4ccccc4n3c2=O)cc1. The highest BCUT2D eigenvalue weighted by molar-refractivity contribution is 7.15. The monoisotopic (exact) mass is 336 g/mol. The molecule has 0 spiro atoms. The second-order valence-corrected chi connectivity index (χ2v) is 6.31. The smallest absolute Gasteiger partial charge is 0.308 e. The number of carbonyl (C=O) groups excluding carboxylic acids is 1. The third kappa shape index (κ3) is 2.47. The van der Waals surface area contributed by atoms with Gasteiger partial charge in [0, 0.05) is 6.92 Å². The molecule has 0 saturated carbocycles. The molecule has 118 valence electrons. The summed E-state index contributed by atoms with van der Waals surface area (Å²) in [6.45, 7) is 1.36. The lowest BCUT2D eigenvalue weighted by atomic mass is 10.2. The normalized spacial score (nSPS) is 12.1. The number of esters is 1. The molecule has 0 unspecified atom stereocenters. The minimum absolute atomic E-state index is 0.0761.